The predicted octanol–water partition coefficient (Wildman–Crippen LogP) is 6.37. The molecule has 0 unspecified atom stereocenters. The summed E-state index contributed by atoms with van der Waals surface area (Å²) in [7, 11) is 0. The summed E-state index contributed by atoms with van der Waals surface area (Å²) < 4.78 is 0. The lowest BCUT2D eigenvalue weighted by molar-refractivity contribution is -0.118. The van der Waals surface area contributed by atoms with E-state index in [1.54, 1.807) is 0 Å². The van der Waals surface area contributed by atoms with Crippen molar-refractivity contribution in [1.82, 2.24) is 0 Å². The first-order valence-corrected chi connectivity index (χ1v) is 9.66. The van der Waals surface area contributed by atoms with Gasteiger partial charge in [0.1, 0.15) is 5.78 Å². The van der Waals surface area contributed by atoms with Crippen LogP contribution in [0.25, 0.3) is 0 Å². The lowest BCUT2D eigenvalue weighted by atomic mass is 9.97. The molecule has 2 nitrogen and oxygen atoms in total. The third-order valence-corrected chi connectivity index (χ3v) is 4.60. The molecule has 1 aromatic rings. The molecule has 0 aliphatic rings. The number of hydrogen-bond acceptors (Lipinski definition) is 2. The van der Waals surface area contributed by atoms with Crippen LogP contribution in [0.2, 0.25) is 0 Å². The first-order valence-electron chi connectivity index (χ1n) is 9.66. The summed E-state index contributed by atoms with van der Waals surface area (Å²) in [5, 5.41) is 0. The molecule has 0 atom stereocenters. The molecule has 2 heteroatoms. The SMILES string of the molecule is CCCCCCCCCCCC(=O)CC(=O)c1ccc(C)cc1C. The minimum Gasteiger partial charge on any atom is -0.299 e. The van der Waals surface area contributed by atoms with Gasteiger partial charge in [-0.05, 0) is 25.8 Å². The molecule has 0 fully saturated rings. The van der Waals surface area contributed by atoms with E-state index in [4.69, 9.17) is 0 Å². The fourth-order valence-electron chi connectivity index (χ4n) is 3.12. The quantitative estimate of drug-likeness (QED) is 0.239. The molecule has 0 N–H and O–H groups in total. The van der Waals surface area contributed by atoms with Crippen molar-refractivity contribution in [2.24, 2.45) is 0 Å². The zero-order valence-electron chi connectivity index (χ0n) is 15.8. The van der Waals surface area contributed by atoms with Crippen molar-refractivity contribution >= 4 is 11.6 Å². The van der Waals surface area contributed by atoms with Crippen LogP contribution >= 0.6 is 0 Å². The van der Waals surface area contributed by atoms with Gasteiger partial charge >= 0.3 is 0 Å². The predicted molar refractivity (Wildman–Crippen MR) is 102 cm³/mol. The summed E-state index contributed by atoms with van der Waals surface area (Å²) in [6.45, 7) is 6.18. The number of Topliss-reactive ketones (excluding diaryl/α,β-unsaturated/α-hetero) is 2. The third kappa shape index (κ3) is 8.42. The first-order chi connectivity index (χ1) is 11.5. The molecule has 1 rings (SSSR count). The van der Waals surface area contributed by atoms with Crippen LogP contribution in [-0.2, 0) is 4.79 Å². The van der Waals surface area contributed by atoms with Crippen molar-refractivity contribution in [2.45, 2.75) is 91.4 Å². The molecular formula is C22H34O2. The van der Waals surface area contributed by atoms with Crippen LogP contribution in [0.15, 0.2) is 18.2 Å². The summed E-state index contributed by atoms with van der Waals surface area (Å²) in [4.78, 5) is 24.2. The van der Waals surface area contributed by atoms with Gasteiger partial charge in [0.05, 0.1) is 6.42 Å². The van der Waals surface area contributed by atoms with Gasteiger partial charge in [-0.3, -0.25) is 9.59 Å². The molecule has 0 aromatic heterocycles. The topological polar surface area (TPSA) is 34.1 Å². The lowest BCUT2D eigenvalue weighted by Gasteiger charge is -2.06. The van der Waals surface area contributed by atoms with Crippen molar-refractivity contribution in [1.29, 1.82) is 0 Å². The summed E-state index contributed by atoms with van der Waals surface area (Å²) in [6.07, 6.45) is 11.8. The highest BCUT2D eigenvalue weighted by molar-refractivity contribution is 6.08. The van der Waals surface area contributed by atoms with Gasteiger partial charge in [0.15, 0.2) is 5.78 Å². The highest BCUT2D eigenvalue weighted by Crippen LogP contribution is 2.15. The fraction of sp³-hybridized carbons (Fsp3) is 0.636. The molecule has 0 saturated heterocycles. The molecular weight excluding hydrogens is 296 g/mol. The molecule has 1 aromatic carbocycles. The molecule has 0 saturated carbocycles. The number of aryl methyl sites for hydroxylation is 2. The Kier molecular flexibility index (Phi) is 10.3. The Morgan fingerprint density at radius 1 is 0.833 bits per heavy atom. The van der Waals surface area contributed by atoms with E-state index in [0.29, 0.717) is 12.0 Å². The summed E-state index contributed by atoms with van der Waals surface area (Å²) >= 11 is 0. The van der Waals surface area contributed by atoms with Crippen molar-refractivity contribution in [3.63, 3.8) is 0 Å². The van der Waals surface area contributed by atoms with Gasteiger partial charge in [0, 0.05) is 12.0 Å². The molecule has 0 bridgehead atoms. The van der Waals surface area contributed by atoms with Gasteiger partial charge in [-0.2, -0.15) is 0 Å². The molecule has 0 aliphatic carbocycles. The molecule has 0 spiro atoms. The number of unbranched alkanes of at least 4 members (excludes halogenated alkanes) is 8. The second kappa shape index (κ2) is 12.0. The number of hydrogen-bond donors (Lipinski definition) is 0. The second-order valence-corrected chi connectivity index (χ2v) is 7.04. The van der Waals surface area contributed by atoms with Crippen LogP contribution in [0.1, 0.15) is 99.0 Å². The van der Waals surface area contributed by atoms with Crippen LogP contribution in [-0.4, -0.2) is 11.6 Å². The molecule has 134 valence electrons. The average Bonchev–Trinajstić information content (AvgIpc) is 2.53. The van der Waals surface area contributed by atoms with E-state index in [1.165, 1.54) is 44.9 Å². The molecule has 0 aliphatic heterocycles. The summed E-state index contributed by atoms with van der Waals surface area (Å²) in [6, 6.07) is 5.78. The van der Waals surface area contributed by atoms with Gasteiger partial charge in [-0.25, -0.2) is 0 Å². The minimum atomic E-state index is -0.0339. The zero-order valence-corrected chi connectivity index (χ0v) is 15.8. The normalized spacial score (nSPS) is 10.8. The third-order valence-electron chi connectivity index (χ3n) is 4.60. The van der Waals surface area contributed by atoms with Crippen LogP contribution < -0.4 is 0 Å². The smallest absolute Gasteiger partial charge is 0.170 e. The number of carbonyl (C=O) groups is 2. The first kappa shape index (κ1) is 20.6. The van der Waals surface area contributed by atoms with E-state index < -0.39 is 0 Å². The van der Waals surface area contributed by atoms with Crippen molar-refractivity contribution in [3.05, 3.63) is 34.9 Å². The molecule has 0 amide bonds. The number of ketones is 2. The Hall–Kier alpha value is -1.44. The van der Waals surface area contributed by atoms with Gasteiger partial charge < -0.3 is 0 Å². The highest BCUT2D eigenvalue weighted by Gasteiger charge is 2.13. The molecule has 0 radical (unpaired) electrons. The maximum absolute atomic E-state index is 12.2. The van der Waals surface area contributed by atoms with Gasteiger partial charge in [-0.15, -0.1) is 0 Å². The van der Waals surface area contributed by atoms with E-state index in [9.17, 15) is 9.59 Å². The van der Waals surface area contributed by atoms with E-state index in [2.05, 4.69) is 6.92 Å². The average molecular weight is 331 g/mol. The van der Waals surface area contributed by atoms with Crippen LogP contribution in [0.5, 0.6) is 0 Å². The maximum Gasteiger partial charge on any atom is 0.170 e. The van der Waals surface area contributed by atoms with Gasteiger partial charge in [0.2, 0.25) is 0 Å². The molecule has 24 heavy (non-hydrogen) atoms. The maximum atomic E-state index is 12.2. The standard InChI is InChI=1S/C22H34O2/c1-4-5-6-7-8-9-10-11-12-13-20(23)17-22(24)21-15-14-18(2)16-19(21)3/h14-16H,4-13,17H2,1-3H3. The number of benzene rings is 1. The van der Waals surface area contributed by atoms with E-state index >= 15 is 0 Å². The van der Waals surface area contributed by atoms with Crippen molar-refractivity contribution in [2.75, 3.05) is 0 Å². The Balaban J connectivity index is 2.14. The summed E-state index contributed by atoms with van der Waals surface area (Å²) in [5.74, 6) is 0.0522. The highest BCUT2D eigenvalue weighted by atomic mass is 16.1. The van der Waals surface area contributed by atoms with E-state index in [0.717, 1.165) is 24.0 Å². The Bertz CT molecular complexity index is 517. The van der Waals surface area contributed by atoms with Crippen molar-refractivity contribution in [3.8, 4) is 0 Å². The van der Waals surface area contributed by atoms with Gasteiger partial charge in [0.25, 0.3) is 0 Å². The van der Waals surface area contributed by atoms with Crippen LogP contribution in [0, 0.1) is 13.8 Å². The Labute approximate surface area is 148 Å². The number of carbonyl (C=O) groups excluding carboxylic acids is 2. The minimum absolute atomic E-state index is 0.0339. The fourth-order valence-corrected chi connectivity index (χ4v) is 3.12. The van der Waals surface area contributed by atoms with E-state index in [1.807, 2.05) is 32.0 Å². The lowest BCUT2D eigenvalue weighted by Crippen LogP contribution is -2.09. The van der Waals surface area contributed by atoms with Crippen molar-refractivity contribution < 1.29 is 9.59 Å². The van der Waals surface area contributed by atoms with E-state index in [-0.39, 0.29) is 18.0 Å². The van der Waals surface area contributed by atoms with Crippen LogP contribution in [0.3, 0.4) is 0 Å². The Morgan fingerprint density at radius 2 is 1.42 bits per heavy atom. The molecule has 0 heterocycles. The van der Waals surface area contributed by atoms with Gasteiger partial charge in [-0.1, -0.05) is 82.1 Å². The second-order valence-electron chi connectivity index (χ2n) is 7.04. The summed E-state index contributed by atoms with van der Waals surface area (Å²) in [5.41, 5.74) is 2.81. The van der Waals surface area contributed by atoms with Crippen LogP contribution in [0.4, 0.5) is 0 Å². The number of rotatable bonds is 13. The monoisotopic (exact) mass is 330 g/mol. The largest absolute Gasteiger partial charge is 0.299 e. The zero-order chi connectivity index (χ0) is 17.8. The Morgan fingerprint density at radius 3 is 2.00 bits per heavy atom.